The van der Waals surface area contributed by atoms with Crippen LogP contribution in [0.1, 0.15) is 24.5 Å². The average Bonchev–Trinajstić information content (AvgIpc) is 2.96. The molecule has 0 radical (unpaired) electrons. The summed E-state index contributed by atoms with van der Waals surface area (Å²) in [6, 6.07) is 11.9. The standard InChI is InChI=1S/C19H19FN2O2/c1-13(23)22-10-9-15-12-17(6-7-18(15)22)21-19(24)8-5-14-3-2-4-16(20)11-14/h2-4,6-7,11-12H,5,8-10H2,1H3,(H,21,24). The van der Waals surface area contributed by atoms with Gasteiger partial charge in [0.2, 0.25) is 11.8 Å². The zero-order valence-electron chi connectivity index (χ0n) is 13.5. The summed E-state index contributed by atoms with van der Waals surface area (Å²) in [4.78, 5) is 25.4. The molecular formula is C19H19FN2O2. The number of amides is 2. The monoisotopic (exact) mass is 326 g/mol. The van der Waals surface area contributed by atoms with Gasteiger partial charge >= 0.3 is 0 Å². The number of carbonyl (C=O) groups is 2. The number of nitrogens with zero attached hydrogens (tertiary/aromatic N) is 1. The second-order valence-electron chi connectivity index (χ2n) is 5.94. The first kappa shape index (κ1) is 16.2. The van der Waals surface area contributed by atoms with Gasteiger partial charge in [-0.15, -0.1) is 0 Å². The number of benzene rings is 2. The molecule has 24 heavy (non-hydrogen) atoms. The topological polar surface area (TPSA) is 49.4 Å². The summed E-state index contributed by atoms with van der Waals surface area (Å²) in [7, 11) is 0. The Bertz CT molecular complexity index is 789. The molecule has 1 heterocycles. The molecule has 0 fully saturated rings. The minimum atomic E-state index is -0.290. The van der Waals surface area contributed by atoms with Crippen LogP contribution in [0.5, 0.6) is 0 Å². The van der Waals surface area contributed by atoms with Crippen LogP contribution >= 0.6 is 0 Å². The van der Waals surface area contributed by atoms with E-state index in [0.29, 0.717) is 19.4 Å². The van der Waals surface area contributed by atoms with Crippen molar-refractivity contribution in [3.63, 3.8) is 0 Å². The summed E-state index contributed by atoms with van der Waals surface area (Å²) in [6.45, 7) is 2.23. The minimum absolute atomic E-state index is 0.0284. The van der Waals surface area contributed by atoms with Gasteiger partial charge in [0.25, 0.3) is 0 Å². The molecule has 0 saturated carbocycles. The van der Waals surface area contributed by atoms with Gasteiger partial charge in [0.1, 0.15) is 5.82 Å². The van der Waals surface area contributed by atoms with Gasteiger partial charge in [0, 0.05) is 31.3 Å². The fraction of sp³-hybridized carbons (Fsp3) is 0.263. The van der Waals surface area contributed by atoms with Gasteiger partial charge in [0.05, 0.1) is 0 Å². The molecule has 0 saturated heterocycles. The predicted octanol–water partition coefficient (Wildman–Crippen LogP) is 3.31. The van der Waals surface area contributed by atoms with E-state index in [2.05, 4.69) is 5.32 Å². The van der Waals surface area contributed by atoms with Crippen LogP contribution in [0.2, 0.25) is 0 Å². The average molecular weight is 326 g/mol. The Morgan fingerprint density at radius 3 is 2.79 bits per heavy atom. The highest BCUT2D eigenvalue weighted by Crippen LogP contribution is 2.30. The van der Waals surface area contributed by atoms with Gasteiger partial charge in [-0.3, -0.25) is 9.59 Å². The Kier molecular flexibility index (Phi) is 4.60. The highest BCUT2D eigenvalue weighted by atomic mass is 19.1. The Morgan fingerprint density at radius 2 is 2.04 bits per heavy atom. The second-order valence-corrected chi connectivity index (χ2v) is 5.94. The maximum Gasteiger partial charge on any atom is 0.224 e. The van der Waals surface area contributed by atoms with Crippen molar-refractivity contribution >= 4 is 23.2 Å². The smallest absolute Gasteiger partial charge is 0.224 e. The molecule has 0 atom stereocenters. The van der Waals surface area contributed by atoms with Crippen LogP contribution in [0.15, 0.2) is 42.5 Å². The molecule has 124 valence electrons. The van der Waals surface area contributed by atoms with Crippen LogP contribution in [0, 0.1) is 5.82 Å². The van der Waals surface area contributed by atoms with Crippen LogP contribution < -0.4 is 10.2 Å². The molecule has 2 aromatic rings. The predicted molar refractivity (Wildman–Crippen MR) is 91.5 cm³/mol. The van der Waals surface area contributed by atoms with E-state index in [0.717, 1.165) is 28.9 Å². The number of fused-ring (bicyclic) bond motifs is 1. The number of rotatable bonds is 4. The summed E-state index contributed by atoms with van der Waals surface area (Å²) in [6.07, 6.45) is 1.58. The van der Waals surface area contributed by atoms with Crippen LogP contribution in [-0.2, 0) is 22.4 Å². The van der Waals surface area contributed by atoms with E-state index >= 15 is 0 Å². The molecule has 3 rings (SSSR count). The van der Waals surface area contributed by atoms with Crippen LogP contribution in [0.3, 0.4) is 0 Å². The highest BCUT2D eigenvalue weighted by molar-refractivity contribution is 5.95. The van der Waals surface area contributed by atoms with E-state index in [-0.39, 0.29) is 17.6 Å². The molecule has 2 aromatic carbocycles. The van der Waals surface area contributed by atoms with Crippen molar-refractivity contribution in [2.24, 2.45) is 0 Å². The van der Waals surface area contributed by atoms with E-state index in [4.69, 9.17) is 0 Å². The van der Waals surface area contributed by atoms with E-state index in [1.54, 1.807) is 24.0 Å². The van der Waals surface area contributed by atoms with Crippen molar-refractivity contribution < 1.29 is 14.0 Å². The lowest BCUT2D eigenvalue weighted by atomic mass is 10.1. The lowest BCUT2D eigenvalue weighted by molar-refractivity contribution is -0.117. The lowest BCUT2D eigenvalue weighted by Crippen LogP contribution is -2.25. The van der Waals surface area contributed by atoms with Crippen molar-refractivity contribution in [2.45, 2.75) is 26.2 Å². The molecule has 0 spiro atoms. The molecule has 4 nitrogen and oxygen atoms in total. The Labute approximate surface area is 140 Å². The first-order valence-electron chi connectivity index (χ1n) is 7.98. The normalized spacial score (nSPS) is 12.8. The molecular weight excluding hydrogens is 307 g/mol. The van der Waals surface area contributed by atoms with Gasteiger partial charge in [-0.2, -0.15) is 0 Å². The zero-order valence-corrected chi connectivity index (χ0v) is 13.5. The Balaban J connectivity index is 1.60. The number of hydrogen-bond donors (Lipinski definition) is 1. The molecule has 0 aromatic heterocycles. The van der Waals surface area contributed by atoms with Crippen molar-refractivity contribution in [3.8, 4) is 0 Å². The SMILES string of the molecule is CC(=O)N1CCc2cc(NC(=O)CCc3cccc(F)c3)ccc21. The van der Waals surface area contributed by atoms with Crippen molar-refractivity contribution in [2.75, 3.05) is 16.8 Å². The van der Waals surface area contributed by atoms with Gasteiger partial charge < -0.3 is 10.2 Å². The maximum absolute atomic E-state index is 13.1. The fourth-order valence-electron chi connectivity index (χ4n) is 2.98. The van der Waals surface area contributed by atoms with E-state index < -0.39 is 0 Å². The van der Waals surface area contributed by atoms with Crippen LogP contribution in [-0.4, -0.2) is 18.4 Å². The van der Waals surface area contributed by atoms with E-state index in [1.807, 2.05) is 18.2 Å². The number of aryl methyl sites for hydroxylation is 1. The molecule has 0 bridgehead atoms. The molecule has 0 aliphatic carbocycles. The first-order valence-corrected chi connectivity index (χ1v) is 7.98. The van der Waals surface area contributed by atoms with Crippen molar-refractivity contribution in [1.82, 2.24) is 0 Å². The summed E-state index contributed by atoms with van der Waals surface area (Å²) in [5, 5.41) is 2.86. The van der Waals surface area contributed by atoms with Crippen LogP contribution in [0.25, 0.3) is 0 Å². The molecule has 1 aliphatic heterocycles. The summed E-state index contributed by atoms with van der Waals surface area (Å²) >= 11 is 0. The van der Waals surface area contributed by atoms with E-state index in [1.165, 1.54) is 12.1 Å². The number of anilines is 2. The third kappa shape index (κ3) is 3.62. The summed E-state index contributed by atoms with van der Waals surface area (Å²) < 4.78 is 13.1. The number of nitrogens with one attached hydrogen (secondary N) is 1. The zero-order chi connectivity index (χ0) is 17.1. The summed E-state index contributed by atoms with van der Waals surface area (Å²) in [5.41, 5.74) is 3.51. The molecule has 1 N–H and O–H groups in total. The third-order valence-electron chi connectivity index (χ3n) is 4.17. The largest absolute Gasteiger partial charge is 0.326 e. The third-order valence-corrected chi connectivity index (χ3v) is 4.17. The first-order chi connectivity index (χ1) is 11.5. The number of hydrogen-bond acceptors (Lipinski definition) is 2. The van der Waals surface area contributed by atoms with Gasteiger partial charge in [-0.05, 0) is 54.3 Å². The molecule has 0 unspecified atom stereocenters. The van der Waals surface area contributed by atoms with Crippen molar-refractivity contribution in [3.05, 3.63) is 59.4 Å². The number of halogens is 1. The number of carbonyl (C=O) groups excluding carboxylic acids is 2. The Morgan fingerprint density at radius 1 is 1.21 bits per heavy atom. The molecule has 1 aliphatic rings. The summed E-state index contributed by atoms with van der Waals surface area (Å²) in [5.74, 6) is -0.372. The minimum Gasteiger partial charge on any atom is -0.326 e. The van der Waals surface area contributed by atoms with Gasteiger partial charge in [-0.1, -0.05) is 12.1 Å². The van der Waals surface area contributed by atoms with Gasteiger partial charge in [0.15, 0.2) is 0 Å². The maximum atomic E-state index is 13.1. The van der Waals surface area contributed by atoms with Crippen LogP contribution in [0.4, 0.5) is 15.8 Å². The quantitative estimate of drug-likeness (QED) is 0.937. The Hall–Kier alpha value is -2.69. The van der Waals surface area contributed by atoms with Crippen molar-refractivity contribution in [1.29, 1.82) is 0 Å². The highest BCUT2D eigenvalue weighted by Gasteiger charge is 2.22. The van der Waals surface area contributed by atoms with E-state index in [9.17, 15) is 14.0 Å². The lowest BCUT2D eigenvalue weighted by Gasteiger charge is -2.15. The second kappa shape index (κ2) is 6.83. The van der Waals surface area contributed by atoms with Gasteiger partial charge in [-0.25, -0.2) is 4.39 Å². The molecule has 2 amide bonds. The molecule has 5 heteroatoms. The fourth-order valence-corrected chi connectivity index (χ4v) is 2.98.